The zero-order chi connectivity index (χ0) is 13.1. The Kier molecular flexibility index (Phi) is 3.84. The molecule has 18 heavy (non-hydrogen) atoms. The van der Waals surface area contributed by atoms with Gasteiger partial charge in [0.2, 0.25) is 0 Å². The molecule has 0 radical (unpaired) electrons. The van der Waals surface area contributed by atoms with Gasteiger partial charge in [-0.1, -0.05) is 17.7 Å². The first-order valence-corrected chi connectivity index (χ1v) is 5.92. The molecule has 1 unspecified atom stereocenters. The lowest BCUT2D eigenvalue weighted by Gasteiger charge is -2.10. The molecule has 2 N–H and O–H groups in total. The monoisotopic (exact) mass is 265 g/mol. The van der Waals surface area contributed by atoms with E-state index in [4.69, 9.17) is 22.1 Å². The van der Waals surface area contributed by atoms with E-state index in [1.807, 2.05) is 0 Å². The Labute approximate surface area is 110 Å². The van der Waals surface area contributed by atoms with Crippen molar-refractivity contribution in [2.45, 2.75) is 13.0 Å². The van der Waals surface area contributed by atoms with Gasteiger partial charge in [-0.15, -0.1) is 0 Å². The van der Waals surface area contributed by atoms with Crippen LogP contribution in [0.15, 0.2) is 42.5 Å². The minimum absolute atomic E-state index is 0.168. The quantitative estimate of drug-likeness (QED) is 0.898. The molecule has 0 saturated heterocycles. The van der Waals surface area contributed by atoms with Crippen molar-refractivity contribution in [1.29, 1.82) is 0 Å². The second kappa shape index (κ2) is 5.38. The highest BCUT2D eigenvalue weighted by atomic mass is 35.5. The highest BCUT2D eigenvalue weighted by molar-refractivity contribution is 6.30. The van der Waals surface area contributed by atoms with E-state index >= 15 is 0 Å². The summed E-state index contributed by atoms with van der Waals surface area (Å²) in [5, 5.41) is 0.607. The van der Waals surface area contributed by atoms with Crippen molar-refractivity contribution < 1.29 is 9.13 Å². The molecule has 2 aromatic rings. The van der Waals surface area contributed by atoms with Gasteiger partial charge in [0.1, 0.15) is 5.75 Å². The van der Waals surface area contributed by atoms with Gasteiger partial charge >= 0.3 is 0 Å². The molecule has 0 spiro atoms. The zero-order valence-electron chi connectivity index (χ0n) is 9.86. The lowest BCUT2D eigenvalue weighted by molar-refractivity contribution is 0.441. The van der Waals surface area contributed by atoms with Gasteiger partial charge in [0, 0.05) is 11.1 Å². The number of nitrogens with two attached hydrogens (primary N) is 1. The topological polar surface area (TPSA) is 35.2 Å². The third kappa shape index (κ3) is 3.00. The van der Waals surface area contributed by atoms with E-state index in [0.717, 1.165) is 5.56 Å². The highest BCUT2D eigenvalue weighted by Crippen LogP contribution is 2.27. The smallest absolute Gasteiger partial charge is 0.166 e. The maximum Gasteiger partial charge on any atom is 0.166 e. The lowest BCUT2D eigenvalue weighted by Crippen LogP contribution is -2.05. The van der Waals surface area contributed by atoms with E-state index in [2.05, 4.69) is 0 Å². The van der Waals surface area contributed by atoms with Gasteiger partial charge in [-0.05, 0) is 48.9 Å². The number of halogens is 2. The fourth-order valence-corrected chi connectivity index (χ4v) is 1.64. The Hall–Kier alpha value is -1.58. The number of ether oxygens (including phenoxy) is 1. The molecule has 94 valence electrons. The van der Waals surface area contributed by atoms with Crippen LogP contribution in [0.4, 0.5) is 4.39 Å². The predicted molar refractivity (Wildman–Crippen MR) is 70.5 cm³/mol. The van der Waals surface area contributed by atoms with Crippen LogP contribution in [-0.2, 0) is 0 Å². The van der Waals surface area contributed by atoms with Crippen molar-refractivity contribution >= 4 is 11.6 Å². The van der Waals surface area contributed by atoms with Crippen LogP contribution in [0, 0.1) is 5.82 Å². The number of hydrogen-bond acceptors (Lipinski definition) is 2. The number of rotatable bonds is 3. The van der Waals surface area contributed by atoms with E-state index in [9.17, 15) is 4.39 Å². The SMILES string of the molecule is CC(N)c1ccc(Oc2ccc(Cl)cc2)c(F)c1. The van der Waals surface area contributed by atoms with Crippen LogP contribution in [0.1, 0.15) is 18.5 Å². The van der Waals surface area contributed by atoms with E-state index in [-0.39, 0.29) is 11.8 Å². The van der Waals surface area contributed by atoms with Gasteiger partial charge in [0.25, 0.3) is 0 Å². The van der Waals surface area contributed by atoms with Crippen molar-refractivity contribution in [1.82, 2.24) is 0 Å². The minimum atomic E-state index is -0.431. The van der Waals surface area contributed by atoms with E-state index in [0.29, 0.717) is 10.8 Å². The average molecular weight is 266 g/mol. The van der Waals surface area contributed by atoms with E-state index in [1.54, 1.807) is 43.3 Å². The van der Waals surface area contributed by atoms with E-state index < -0.39 is 5.82 Å². The maximum absolute atomic E-state index is 13.8. The number of benzene rings is 2. The first-order valence-electron chi connectivity index (χ1n) is 5.54. The normalized spacial score (nSPS) is 12.2. The van der Waals surface area contributed by atoms with Crippen LogP contribution in [0.3, 0.4) is 0 Å². The van der Waals surface area contributed by atoms with Crippen LogP contribution in [0.5, 0.6) is 11.5 Å². The van der Waals surface area contributed by atoms with Crippen LogP contribution >= 0.6 is 11.6 Å². The summed E-state index contributed by atoms with van der Waals surface area (Å²) in [5.74, 6) is 0.272. The predicted octanol–water partition coefficient (Wildman–Crippen LogP) is 4.29. The molecule has 4 heteroatoms. The summed E-state index contributed by atoms with van der Waals surface area (Å²) in [4.78, 5) is 0. The Bertz CT molecular complexity index is 540. The Morgan fingerprint density at radius 3 is 2.39 bits per heavy atom. The Balaban J connectivity index is 2.22. The molecule has 0 amide bonds. The molecule has 1 atom stereocenters. The van der Waals surface area contributed by atoms with Crippen LogP contribution < -0.4 is 10.5 Å². The highest BCUT2D eigenvalue weighted by Gasteiger charge is 2.08. The molecule has 0 fully saturated rings. The van der Waals surface area contributed by atoms with Crippen LogP contribution in [0.25, 0.3) is 0 Å². The van der Waals surface area contributed by atoms with E-state index in [1.165, 1.54) is 6.07 Å². The molecular weight excluding hydrogens is 253 g/mol. The van der Waals surface area contributed by atoms with Crippen LogP contribution in [0.2, 0.25) is 5.02 Å². The van der Waals surface area contributed by atoms with Crippen molar-refractivity contribution in [3.05, 3.63) is 58.9 Å². The molecule has 0 aliphatic heterocycles. The largest absolute Gasteiger partial charge is 0.454 e. The first-order chi connectivity index (χ1) is 8.56. The van der Waals surface area contributed by atoms with Gasteiger partial charge in [-0.2, -0.15) is 0 Å². The molecule has 2 nitrogen and oxygen atoms in total. The van der Waals surface area contributed by atoms with Crippen molar-refractivity contribution in [3.63, 3.8) is 0 Å². The molecular formula is C14H13ClFNO. The second-order valence-electron chi connectivity index (χ2n) is 4.03. The standard InChI is InChI=1S/C14H13ClFNO/c1-9(17)10-2-7-14(13(16)8-10)18-12-5-3-11(15)4-6-12/h2-9H,17H2,1H3. The van der Waals surface area contributed by atoms with Gasteiger partial charge < -0.3 is 10.5 Å². The molecule has 0 heterocycles. The summed E-state index contributed by atoms with van der Waals surface area (Å²) in [6.07, 6.45) is 0. The van der Waals surface area contributed by atoms with Crippen molar-refractivity contribution in [2.75, 3.05) is 0 Å². The molecule has 2 aromatic carbocycles. The van der Waals surface area contributed by atoms with Crippen LogP contribution in [-0.4, -0.2) is 0 Å². The Morgan fingerprint density at radius 2 is 1.83 bits per heavy atom. The van der Waals surface area contributed by atoms with Gasteiger partial charge in [-0.3, -0.25) is 0 Å². The fraction of sp³-hybridized carbons (Fsp3) is 0.143. The summed E-state index contributed by atoms with van der Waals surface area (Å²) in [6.45, 7) is 1.80. The first kappa shape index (κ1) is 12.9. The second-order valence-corrected chi connectivity index (χ2v) is 4.47. The maximum atomic E-state index is 13.8. The minimum Gasteiger partial charge on any atom is -0.454 e. The van der Waals surface area contributed by atoms with Gasteiger partial charge in [-0.25, -0.2) is 4.39 Å². The third-order valence-corrected chi connectivity index (χ3v) is 2.78. The summed E-state index contributed by atoms with van der Waals surface area (Å²) in [6, 6.07) is 11.2. The summed E-state index contributed by atoms with van der Waals surface area (Å²) in [7, 11) is 0. The Morgan fingerprint density at radius 1 is 1.17 bits per heavy atom. The fourth-order valence-electron chi connectivity index (χ4n) is 1.51. The van der Waals surface area contributed by atoms with Crippen molar-refractivity contribution in [3.8, 4) is 11.5 Å². The third-order valence-electron chi connectivity index (χ3n) is 2.52. The lowest BCUT2D eigenvalue weighted by atomic mass is 10.1. The summed E-state index contributed by atoms with van der Waals surface area (Å²) >= 11 is 5.76. The van der Waals surface area contributed by atoms with Gasteiger partial charge in [0.05, 0.1) is 0 Å². The molecule has 0 aromatic heterocycles. The van der Waals surface area contributed by atoms with Crippen molar-refractivity contribution in [2.24, 2.45) is 5.73 Å². The zero-order valence-corrected chi connectivity index (χ0v) is 10.6. The summed E-state index contributed by atoms with van der Waals surface area (Å²) < 4.78 is 19.2. The summed E-state index contributed by atoms with van der Waals surface area (Å²) in [5.41, 5.74) is 6.41. The molecule has 0 aliphatic carbocycles. The molecule has 0 bridgehead atoms. The molecule has 0 aliphatic rings. The molecule has 2 rings (SSSR count). The number of hydrogen-bond donors (Lipinski definition) is 1. The van der Waals surface area contributed by atoms with Gasteiger partial charge in [0.15, 0.2) is 11.6 Å². The molecule has 0 saturated carbocycles. The average Bonchev–Trinajstić information content (AvgIpc) is 2.34.